The van der Waals surface area contributed by atoms with Crippen LogP contribution < -0.4 is 5.32 Å². The Morgan fingerprint density at radius 2 is 1.89 bits per heavy atom. The van der Waals surface area contributed by atoms with Gasteiger partial charge in [0.25, 0.3) is 0 Å². The zero-order valence-corrected chi connectivity index (χ0v) is 10.4. The molecule has 2 rings (SSSR count). The fourth-order valence-corrected chi connectivity index (χ4v) is 1.65. The molecule has 0 bridgehead atoms. The van der Waals surface area contributed by atoms with Gasteiger partial charge in [0.15, 0.2) is 0 Å². The second-order valence-corrected chi connectivity index (χ2v) is 4.13. The Hall–Kier alpha value is -1.98. The van der Waals surface area contributed by atoms with E-state index in [-0.39, 0.29) is 0 Å². The molecule has 1 aromatic carbocycles. The van der Waals surface area contributed by atoms with Crippen LogP contribution in [0.1, 0.15) is 18.1 Å². The fourth-order valence-electron chi connectivity index (χ4n) is 1.65. The standard InChI is InChI=1S/C13H14F3N3/c1-2-19-9-10(8-18-19)7-17-12-5-3-11(4-6-12)13(14,15)16/h3-6,8-9,17H,2,7H2,1H3. The fraction of sp³-hybridized carbons (Fsp3) is 0.308. The highest BCUT2D eigenvalue weighted by molar-refractivity contribution is 5.45. The third-order valence-corrected chi connectivity index (χ3v) is 2.72. The molecule has 6 heteroatoms. The maximum Gasteiger partial charge on any atom is 0.416 e. The van der Waals surface area contributed by atoms with E-state index in [1.54, 1.807) is 10.9 Å². The first-order chi connectivity index (χ1) is 8.99. The molecule has 0 spiro atoms. The van der Waals surface area contributed by atoms with Gasteiger partial charge in [0.1, 0.15) is 0 Å². The number of aromatic nitrogens is 2. The molecule has 3 nitrogen and oxygen atoms in total. The van der Waals surface area contributed by atoms with Gasteiger partial charge in [0, 0.05) is 30.5 Å². The van der Waals surface area contributed by atoms with Gasteiger partial charge in [-0.3, -0.25) is 4.68 Å². The van der Waals surface area contributed by atoms with Crippen molar-refractivity contribution in [3.05, 3.63) is 47.8 Å². The number of alkyl halides is 3. The predicted molar refractivity (Wildman–Crippen MR) is 66.7 cm³/mol. The Labute approximate surface area is 109 Å². The molecule has 1 N–H and O–H groups in total. The molecule has 2 aromatic rings. The van der Waals surface area contributed by atoms with Crippen molar-refractivity contribution < 1.29 is 13.2 Å². The van der Waals surface area contributed by atoms with E-state index in [0.29, 0.717) is 12.2 Å². The zero-order valence-electron chi connectivity index (χ0n) is 10.4. The lowest BCUT2D eigenvalue weighted by molar-refractivity contribution is -0.137. The van der Waals surface area contributed by atoms with E-state index in [4.69, 9.17) is 0 Å². The predicted octanol–water partition coefficient (Wildman–Crippen LogP) is 3.53. The van der Waals surface area contributed by atoms with Crippen LogP contribution in [0.3, 0.4) is 0 Å². The van der Waals surface area contributed by atoms with Gasteiger partial charge in [-0.25, -0.2) is 0 Å². The summed E-state index contributed by atoms with van der Waals surface area (Å²) in [5, 5.41) is 7.18. The summed E-state index contributed by atoms with van der Waals surface area (Å²) in [6, 6.07) is 4.98. The summed E-state index contributed by atoms with van der Waals surface area (Å²) in [6.45, 7) is 3.31. The van der Waals surface area contributed by atoms with Crippen molar-refractivity contribution in [3.8, 4) is 0 Å². The molecule has 0 unspecified atom stereocenters. The van der Waals surface area contributed by atoms with Crippen LogP contribution in [-0.4, -0.2) is 9.78 Å². The SMILES string of the molecule is CCn1cc(CNc2ccc(C(F)(F)F)cc2)cn1. The number of hydrogen-bond donors (Lipinski definition) is 1. The van der Waals surface area contributed by atoms with Gasteiger partial charge in [-0.05, 0) is 31.2 Å². The molecule has 0 radical (unpaired) electrons. The molecule has 0 aliphatic rings. The molecule has 0 saturated carbocycles. The molecule has 19 heavy (non-hydrogen) atoms. The molecule has 1 aromatic heterocycles. The molecule has 102 valence electrons. The normalized spacial score (nSPS) is 11.6. The molecular weight excluding hydrogens is 255 g/mol. The molecular formula is C13H14F3N3. The van der Waals surface area contributed by atoms with E-state index in [1.807, 2.05) is 13.1 Å². The third-order valence-electron chi connectivity index (χ3n) is 2.72. The van der Waals surface area contributed by atoms with Gasteiger partial charge < -0.3 is 5.32 Å². The van der Waals surface area contributed by atoms with Gasteiger partial charge in [0.2, 0.25) is 0 Å². The number of hydrogen-bond acceptors (Lipinski definition) is 2. The minimum Gasteiger partial charge on any atom is -0.381 e. The molecule has 1 heterocycles. The Balaban J connectivity index is 1.96. The summed E-state index contributed by atoms with van der Waals surface area (Å²) >= 11 is 0. The van der Waals surface area contributed by atoms with Crippen molar-refractivity contribution in [1.82, 2.24) is 9.78 Å². The van der Waals surface area contributed by atoms with Gasteiger partial charge in [0.05, 0.1) is 11.8 Å². The number of rotatable bonds is 4. The first-order valence-corrected chi connectivity index (χ1v) is 5.91. The highest BCUT2D eigenvalue weighted by Gasteiger charge is 2.29. The van der Waals surface area contributed by atoms with Gasteiger partial charge in [-0.1, -0.05) is 0 Å². The van der Waals surface area contributed by atoms with Crippen LogP contribution in [0.4, 0.5) is 18.9 Å². The van der Waals surface area contributed by atoms with Crippen LogP contribution in [0.15, 0.2) is 36.7 Å². The van der Waals surface area contributed by atoms with E-state index in [0.717, 1.165) is 24.2 Å². The summed E-state index contributed by atoms with van der Waals surface area (Å²) in [5.74, 6) is 0. The van der Waals surface area contributed by atoms with Crippen molar-refractivity contribution >= 4 is 5.69 Å². The van der Waals surface area contributed by atoms with Crippen LogP contribution >= 0.6 is 0 Å². The Kier molecular flexibility index (Phi) is 3.78. The molecule has 0 aliphatic carbocycles. The minimum atomic E-state index is -4.29. The largest absolute Gasteiger partial charge is 0.416 e. The molecule has 0 aliphatic heterocycles. The smallest absolute Gasteiger partial charge is 0.381 e. The molecule has 0 atom stereocenters. The third kappa shape index (κ3) is 3.49. The molecule has 0 fully saturated rings. The number of aryl methyl sites for hydroxylation is 1. The Morgan fingerprint density at radius 3 is 2.42 bits per heavy atom. The maximum atomic E-state index is 12.4. The Bertz CT molecular complexity index is 529. The monoisotopic (exact) mass is 269 g/mol. The van der Waals surface area contributed by atoms with E-state index >= 15 is 0 Å². The zero-order chi connectivity index (χ0) is 13.9. The Morgan fingerprint density at radius 1 is 1.21 bits per heavy atom. The number of benzene rings is 1. The summed E-state index contributed by atoms with van der Waals surface area (Å²) in [4.78, 5) is 0. The van der Waals surface area contributed by atoms with E-state index in [9.17, 15) is 13.2 Å². The van der Waals surface area contributed by atoms with Gasteiger partial charge in [-0.15, -0.1) is 0 Å². The molecule has 0 saturated heterocycles. The van der Waals surface area contributed by atoms with Crippen LogP contribution in [-0.2, 0) is 19.3 Å². The van der Waals surface area contributed by atoms with Crippen molar-refractivity contribution in [2.45, 2.75) is 26.2 Å². The first-order valence-electron chi connectivity index (χ1n) is 5.91. The average molecular weight is 269 g/mol. The lowest BCUT2D eigenvalue weighted by Gasteiger charge is -2.08. The van der Waals surface area contributed by atoms with Crippen LogP contribution in [0.2, 0.25) is 0 Å². The van der Waals surface area contributed by atoms with Crippen molar-refractivity contribution in [3.63, 3.8) is 0 Å². The van der Waals surface area contributed by atoms with Gasteiger partial charge >= 0.3 is 6.18 Å². The van der Waals surface area contributed by atoms with Crippen LogP contribution in [0.25, 0.3) is 0 Å². The number of anilines is 1. The number of halogens is 3. The van der Waals surface area contributed by atoms with E-state index < -0.39 is 11.7 Å². The quantitative estimate of drug-likeness (QED) is 0.920. The van der Waals surface area contributed by atoms with Crippen LogP contribution in [0, 0.1) is 0 Å². The minimum absolute atomic E-state index is 0.533. The van der Waals surface area contributed by atoms with Crippen molar-refractivity contribution in [2.24, 2.45) is 0 Å². The van der Waals surface area contributed by atoms with E-state index in [2.05, 4.69) is 10.4 Å². The topological polar surface area (TPSA) is 29.9 Å². The highest BCUT2D eigenvalue weighted by atomic mass is 19.4. The lowest BCUT2D eigenvalue weighted by atomic mass is 10.2. The van der Waals surface area contributed by atoms with Crippen molar-refractivity contribution in [2.75, 3.05) is 5.32 Å². The highest BCUT2D eigenvalue weighted by Crippen LogP contribution is 2.29. The summed E-state index contributed by atoms with van der Waals surface area (Å²) in [6.07, 6.45) is -0.654. The lowest BCUT2D eigenvalue weighted by Crippen LogP contribution is -2.05. The summed E-state index contributed by atoms with van der Waals surface area (Å²) in [7, 11) is 0. The maximum absolute atomic E-state index is 12.4. The number of nitrogens with one attached hydrogen (secondary N) is 1. The van der Waals surface area contributed by atoms with Gasteiger partial charge in [-0.2, -0.15) is 18.3 Å². The second kappa shape index (κ2) is 5.34. The first kappa shape index (κ1) is 13.5. The van der Waals surface area contributed by atoms with Crippen molar-refractivity contribution in [1.29, 1.82) is 0 Å². The van der Waals surface area contributed by atoms with E-state index in [1.165, 1.54) is 12.1 Å². The molecule has 0 amide bonds. The van der Waals surface area contributed by atoms with Crippen LogP contribution in [0.5, 0.6) is 0 Å². The second-order valence-electron chi connectivity index (χ2n) is 4.13. The summed E-state index contributed by atoms with van der Waals surface area (Å²) < 4.78 is 38.9. The number of nitrogens with zero attached hydrogens (tertiary/aromatic N) is 2. The summed E-state index contributed by atoms with van der Waals surface area (Å²) in [5.41, 5.74) is 0.996. The average Bonchev–Trinajstić information content (AvgIpc) is 2.84.